The summed E-state index contributed by atoms with van der Waals surface area (Å²) in [4.78, 5) is 42.8. The fourth-order valence-corrected chi connectivity index (χ4v) is 5.23. The van der Waals surface area contributed by atoms with Gasteiger partial charge in [0.15, 0.2) is 0 Å². The molecule has 0 bridgehead atoms. The van der Waals surface area contributed by atoms with Crippen LogP contribution in [-0.4, -0.2) is 67.5 Å². The molecule has 2 aromatic rings. The number of rotatable bonds is 9. The van der Waals surface area contributed by atoms with Gasteiger partial charge in [0.25, 0.3) is 0 Å². The number of hydrogen-bond acceptors (Lipinski definition) is 5. The summed E-state index contributed by atoms with van der Waals surface area (Å²) < 4.78 is 26.0. The summed E-state index contributed by atoms with van der Waals surface area (Å²) in [5.74, 6) is -0.844. The number of amides is 3. The van der Waals surface area contributed by atoms with Gasteiger partial charge in [-0.25, -0.2) is 4.39 Å². The maximum absolute atomic E-state index is 15.0. The molecule has 2 atom stereocenters. The predicted octanol–water partition coefficient (Wildman–Crippen LogP) is 3.48. The molecule has 7 nitrogen and oxygen atoms in total. The van der Waals surface area contributed by atoms with Crippen LogP contribution in [0.25, 0.3) is 0 Å². The molecule has 2 heterocycles. The molecular formula is C28H33FN2O5. The minimum Gasteiger partial charge on any atom is -0.493 e. The lowest BCUT2D eigenvalue weighted by Gasteiger charge is -2.35. The first-order valence-corrected chi connectivity index (χ1v) is 12.4. The minimum absolute atomic E-state index is 0.0700. The van der Waals surface area contributed by atoms with Crippen molar-refractivity contribution in [3.8, 4) is 5.75 Å². The molecule has 0 aliphatic carbocycles. The van der Waals surface area contributed by atoms with Crippen LogP contribution in [0.15, 0.2) is 48.5 Å². The Kier molecular flexibility index (Phi) is 8.04. The maximum atomic E-state index is 15.0. The molecule has 0 radical (unpaired) electrons. The third-order valence-corrected chi connectivity index (χ3v) is 7.21. The van der Waals surface area contributed by atoms with Gasteiger partial charge in [0.05, 0.1) is 25.2 Å². The molecule has 0 aromatic heterocycles. The summed E-state index contributed by atoms with van der Waals surface area (Å²) in [5.41, 5.74) is -0.415. The van der Waals surface area contributed by atoms with Gasteiger partial charge in [-0.05, 0) is 37.5 Å². The summed E-state index contributed by atoms with van der Waals surface area (Å²) in [6.07, 6.45) is 1.24. The molecule has 0 saturated carbocycles. The highest BCUT2D eigenvalue weighted by molar-refractivity contribution is 6.10. The smallest absolute Gasteiger partial charge is 0.241 e. The van der Waals surface area contributed by atoms with Crippen LogP contribution in [0.5, 0.6) is 5.75 Å². The maximum Gasteiger partial charge on any atom is 0.241 e. The van der Waals surface area contributed by atoms with Crippen LogP contribution in [0.3, 0.4) is 0 Å². The van der Waals surface area contributed by atoms with E-state index in [-0.39, 0.29) is 43.4 Å². The highest BCUT2D eigenvalue weighted by atomic mass is 19.1. The van der Waals surface area contributed by atoms with Gasteiger partial charge >= 0.3 is 0 Å². The number of nitrogens with zero attached hydrogens (tertiary/aromatic N) is 2. The summed E-state index contributed by atoms with van der Waals surface area (Å²) in [6.45, 7) is 3.77. The number of carbonyl (C=O) groups is 3. The van der Waals surface area contributed by atoms with Crippen LogP contribution in [0.2, 0.25) is 0 Å². The third-order valence-electron chi connectivity index (χ3n) is 7.21. The third kappa shape index (κ3) is 5.28. The molecule has 192 valence electrons. The molecule has 3 amide bonds. The number of likely N-dealkylation sites (tertiary alicyclic amines) is 2. The summed E-state index contributed by atoms with van der Waals surface area (Å²) in [7, 11) is 1.48. The second-order valence-corrected chi connectivity index (χ2v) is 9.68. The van der Waals surface area contributed by atoms with Crippen LogP contribution < -0.4 is 4.74 Å². The van der Waals surface area contributed by atoms with Gasteiger partial charge in [-0.15, -0.1) is 0 Å². The number of methoxy groups -OCH3 is 1. The standard InChI is InChI=1S/C28H33FN2O5/c1-20-8-3-6-12-24(20)36-19-21-9-7-13-30(18-21)25(32)16-28(22-10-4-5-11-23(22)29)17-26(33)31(27(28)34)14-15-35-2/h3-6,8,10-12,21H,7,9,13-19H2,1-2H3/t21-,28-/m0/s1. The number of aryl methyl sites for hydroxylation is 1. The van der Waals surface area contributed by atoms with Gasteiger partial charge in [-0.3, -0.25) is 19.3 Å². The van der Waals surface area contributed by atoms with Gasteiger partial charge in [0.1, 0.15) is 11.6 Å². The lowest BCUT2D eigenvalue weighted by molar-refractivity contribution is -0.143. The Morgan fingerprint density at radius 2 is 1.89 bits per heavy atom. The predicted molar refractivity (Wildman–Crippen MR) is 132 cm³/mol. The molecular weight excluding hydrogens is 463 g/mol. The van der Waals surface area contributed by atoms with E-state index in [1.54, 1.807) is 11.0 Å². The molecule has 2 saturated heterocycles. The Morgan fingerprint density at radius 3 is 2.64 bits per heavy atom. The molecule has 2 fully saturated rings. The van der Waals surface area contributed by atoms with Crippen molar-refractivity contribution >= 4 is 17.7 Å². The van der Waals surface area contributed by atoms with Crippen molar-refractivity contribution in [2.45, 2.75) is 38.0 Å². The van der Waals surface area contributed by atoms with Crippen molar-refractivity contribution < 1.29 is 28.2 Å². The Bertz CT molecular complexity index is 1120. The van der Waals surface area contributed by atoms with Crippen molar-refractivity contribution in [1.82, 2.24) is 9.80 Å². The molecule has 0 N–H and O–H groups in total. The molecule has 8 heteroatoms. The van der Waals surface area contributed by atoms with Crippen LogP contribution >= 0.6 is 0 Å². The Balaban J connectivity index is 1.51. The first-order chi connectivity index (χ1) is 17.4. The van der Waals surface area contributed by atoms with Gasteiger partial charge < -0.3 is 14.4 Å². The van der Waals surface area contributed by atoms with E-state index in [0.29, 0.717) is 19.7 Å². The fourth-order valence-electron chi connectivity index (χ4n) is 5.23. The number of piperidine rings is 1. The van der Waals surface area contributed by atoms with E-state index in [1.807, 2.05) is 31.2 Å². The topological polar surface area (TPSA) is 76.2 Å². The van der Waals surface area contributed by atoms with Crippen molar-refractivity contribution in [2.75, 3.05) is 40.0 Å². The van der Waals surface area contributed by atoms with Crippen molar-refractivity contribution in [3.63, 3.8) is 0 Å². The van der Waals surface area contributed by atoms with E-state index in [9.17, 15) is 18.8 Å². The molecule has 2 aliphatic rings. The highest BCUT2D eigenvalue weighted by Gasteiger charge is 2.55. The average molecular weight is 497 g/mol. The summed E-state index contributed by atoms with van der Waals surface area (Å²) >= 11 is 0. The van der Waals surface area contributed by atoms with E-state index in [2.05, 4.69) is 0 Å². The number of para-hydroxylation sites is 1. The zero-order valence-corrected chi connectivity index (χ0v) is 20.9. The van der Waals surface area contributed by atoms with Gasteiger partial charge in [0, 0.05) is 44.5 Å². The molecule has 4 rings (SSSR count). The molecule has 0 unspecified atom stereocenters. The molecule has 2 aromatic carbocycles. The Hall–Kier alpha value is -3.26. The molecule has 36 heavy (non-hydrogen) atoms. The van der Waals surface area contributed by atoms with E-state index >= 15 is 0 Å². The van der Waals surface area contributed by atoms with Crippen molar-refractivity contribution in [3.05, 3.63) is 65.5 Å². The molecule has 2 aliphatic heterocycles. The first-order valence-electron chi connectivity index (χ1n) is 12.4. The summed E-state index contributed by atoms with van der Waals surface area (Å²) in [5, 5.41) is 0. The van der Waals surface area contributed by atoms with E-state index in [0.717, 1.165) is 29.1 Å². The Labute approximate surface area is 211 Å². The van der Waals surface area contributed by atoms with Gasteiger partial charge in [-0.2, -0.15) is 0 Å². The summed E-state index contributed by atoms with van der Waals surface area (Å²) in [6, 6.07) is 13.7. The number of ether oxygens (including phenoxy) is 2. The number of carbonyl (C=O) groups excluding carboxylic acids is 3. The average Bonchev–Trinajstić information content (AvgIpc) is 3.11. The van der Waals surface area contributed by atoms with Crippen molar-refractivity contribution in [2.24, 2.45) is 5.92 Å². The number of halogens is 1. The van der Waals surface area contributed by atoms with E-state index < -0.39 is 23.0 Å². The van der Waals surface area contributed by atoms with Gasteiger partial charge in [-0.1, -0.05) is 36.4 Å². The zero-order chi connectivity index (χ0) is 25.7. The lowest BCUT2D eigenvalue weighted by Crippen LogP contribution is -2.47. The monoisotopic (exact) mass is 496 g/mol. The second kappa shape index (κ2) is 11.2. The highest BCUT2D eigenvalue weighted by Crippen LogP contribution is 2.41. The zero-order valence-electron chi connectivity index (χ0n) is 20.9. The van der Waals surface area contributed by atoms with Crippen LogP contribution in [0.4, 0.5) is 4.39 Å². The number of imide groups is 1. The Morgan fingerprint density at radius 1 is 1.14 bits per heavy atom. The second-order valence-electron chi connectivity index (χ2n) is 9.68. The SMILES string of the molecule is COCCN1C(=O)C[C@@](CC(=O)N2CCC[C@H](COc3ccccc3C)C2)(c2ccccc2F)C1=O. The number of hydrogen-bond donors (Lipinski definition) is 0. The van der Waals surface area contributed by atoms with E-state index in [1.165, 1.54) is 25.3 Å². The fraction of sp³-hybridized carbons (Fsp3) is 0.464. The lowest BCUT2D eigenvalue weighted by atomic mass is 9.75. The number of benzene rings is 2. The normalized spacial score (nSPS) is 22.2. The largest absolute Gasteiger partial charge is 0.493 e. The minimum atomic E-state index is -1.56. The van der Waals surface area contributed by atoms with Crippen LogP contribution in [0.1, 0.15) is 36.8 Å². The van der Waals surface area contributed by atoms with Crippen molar-refractivity contribution in [1.29, 1.82) is 0 Å². The first kappa shape index (κ1) is 25.8. The van der Waals surface area contributed by atoms with E-state index in [4.69, 9.17) is 9.47 Å². The van der Waals surface area contributed by atoms with Crippen LogP contribution in [-0.2, 0) is 24.5 Å². The van der Waals surface area contributed by atoms with Crippen LogP contribution in [0, 0.1) is 18.7 Å². The quantitative estimate of drug-likeness (QED) is 0.497. The molecule has 0 spiro atoms. The van der Waals surface area contributed by atoms with Gasteiger partial charge in [0.2, 0.25) is 17.7 Å².